The second kappa shape index (κ2) is 7.72. The zero-order valence-electron chi connectivity index (χ0n) is 13.6. The molecule has 1 aliphatic rings. The molecule has 8 heteroatoms. The molecule has 24 heavy (non-hydrogen) atoms. The number of urea groups is 1. The Morgan fingerprint density at radius 1 is 1.17 bits per heavy atom. The Kier molecular flexibility index (Phi) is 5.90. The molecular formula is C16H19ClFN3O3. The average Bonchev–Trinajstić information content (AvgIpc) is 2.73. The smallest absolute Gasteiger partial charge is 0.284 e. The van der Waals surface area contributed by atoms with Crippen molar-refractivity contribution in [1.29, 1.82) is 0 Å². The van der Waals surface area contributed by atoms with Gasteiger partial charge in [0.15, 0.2) is 0 Å². The minimum Gasteiger partial charge on any atom is -0.284 e. The fourth-order valence-electron chi connectivity index (χ4n) is 2.43. The summed E-state index contributed by atoms with van der Waals surface area (Å²) >= 11 is 5.97. The van der Waals surface area contributed by atoms with E-state index in [0.29, 0.717) is 6.42 Å². The molecular weight excluding hydrogens is 337 g/mol. The van der Waals surface area contributed by atoms with Crippen molar-refractivity contribution in [2.24, 2.45) is 0 Å². The molecule has 0 bridgehead atoms. The number of nitrogens with zero attached hydrogens (tertiary/aromatic N) is 3. The Hall–Kier alpha value is -1.99. The van der Waals surface area contributed by atoms with Gasteiger partial charge in [-0.05, 0) is 25.6 Å². The minimum atomic E-state index is -0.859. The van der Waals surface area contributed by atoms with Crippen molar-refractivity contribution in [2.45, 2.75) is 26.3 Å². The zero-order valence-corrected chi connectivity index (χ0v) is 14.3. The predicted molar refractivity (Wildman–Crippen MR) is 86.6 cm³/mol. The van der Waals surface area contributed by atoms with Gasteiger partial charge in [-0.15, -0.1) is 0 Å². The third kappa shape index (κ3) is 3.73. The van der Waals surface area contributed by atoms with E-state index in [1.807, 2.05) is 6.92 Å². The van der Waals surface area contributed by atoms with Gasteiger partial charge in [-0.2, -0.15) is 0 Å². The van der Waals surface area contributed by atoms with Crippen LogP contribution in [0.4, 0.5) is 9.18 Å². The molecule has 1 heterocycles. The van der Waals surface area contributed by atoms with E-state index in [9.17, 15) is 18.8 Å². The topological polar surface area (TPSA) is 60.9 Å². The van der Waals surface area contributed by atoms with Gasteiger partial charge in [0, 0.05) is 23.7 Å². The molecule has 0 atom stereocenters. The summed E-state index contributed by atoms with van der Waals surface area (Å²) in [5, 5.41) is 0.265. The van der Waals surface area contributed by atoms with Crippen LogP contribution >= 0.6 is 11.6 Å². The van der Waals surface area contributed by atoms with Crippen LogP contribution in [-0.4, -0.2) is 52.8 Å². The molecule has 6 nitrogen and oxygen atoms in total. The number of benzene rings is 1. The number of rotatable bonds is 7. The molecule has 1 aromatic rings. The summed E-state index contributed by atoms with van der Waals surface area (Å²) in [5.74, 6) is -2.14. The number of hydrogen-bond donors (Lipinski definition) is 0. The number of hydrogen-bond acceptors (Lipinski definition) is 4. The highest BCUT2D eigenvalue weighted by atomic mass is 35.5. The van der Waals surface area contributed by atoms with Crippen molar-refractivity contribution in [3.05, 3.63) is 34.6 Å². The minimum absolute atomic E-state index is 0.103. The summed E-state index contributed by atoms with van der Waals surface area (Å²) in [4.78, 5) is 39.5. The van der Waals surface area contributed by atoms with Crippen LogP contribution in [0.25, 0.3) is 0 Å². The maximum Gasteiger partial charge on any atom is 0.335 e. The van der Waals surface area contributed by atoms with Gasteiger partial charge in [0.25, 0.3) is 0 Å². The summed E-state index contributed by atoms with van der Waals surface area (Å²) in [7, 11) is 1.61. The van der Waals surface area contributed by atoms with Crippen LogP contribution in [0.2, 0.25) is 5.02 Å². The predicted octanol–water partition coefficient (Wildman–Crippen LogP) is 2.46. The van der Waals surface area contributed by atoms with Gasteiger partial charge in [0.05, 0.1) is 6.67 Å². The molecule has 4 amide bonds. The largest absolute Gasteiger partial charge is 0.335 e. The first kappa shape index (κ1) is 18.4. The summed E-state index contributed by atoms with van der Waals surface area (Å²) in [6, 6.07) is 3.72. The number of imide groups is 2. The lowest BCUT2D eigenvalue weighted by atomic mass is 10.2. The van der Waals surface area contributed by atoms with E-state index in [0.717, 1.165) is 16.2 Å². The highest BCUT2D eigenvalue weighted by molar-refractivity contribution is 6.44. The Morgan fingerprint density at radius 3 is 2.46 bits per heavy atom. The van der Waals surface area contributed by atoms with Gasteiger partial charge in [-0.3, -0.25) is 19.4 Å². The molecule has 1 fully saturated rings. The van der Waals surface area contributed by atoms with Crippen LogP contribution in [-0.2, 0) is 16.1 Å². The Bertz CT molecular complexity index is 648. The molecule has 1 aromatic carbocycles. The lowest BCUT2D eigenvalue weighted by Gasteiger charge is -2.23. The van der Waals surface area contributed by atoms with Gasteiger partial charge >= 0.3 is 17.8 Å². The monoisotopic (exact) mass is 355 g/mol. The molecule has 0 aromatic heterocycles. The third-order valence-corrected chi connectivity index (χ3v) is 4.10. The van der Waals surface area contributed by atoms with Crippen LogP contribution in [0.3, 0.4) is 0 Å². The van der Waals surface area contributed by atoms with Crippen LogP contribution in [0.5, 0.6) is 0 Å². The number of unbranched alkanes of at least 4 members (excludes halogenated alkanes) is 1. The molecule has 0 N–H and O–H groups in total. The molecule has 0 radical (unpaired) electrons. The van der Waals surface area contributed by atoms with Crippen molar-refractivity contribution >= 4 is 29.4 Å². The second-order valence-electron chi connectivity index (χ2n) is 5.68. The maximum absolute atomic E-state index is 13.8. The van der Waals surface area contributed by atoms with Crippen LogP contribution < -0.4 is 0 Å². The van der Waals surface area contributed by atoms with E-state index >= 15 is 0 Å². The fraction of sp³-hybridized carbons (Fsp3) is 0.438. The molecule has 1 saturated heterocycles. The van der Waals surface area contributed by atoms with Crippen molar-refractivity contribution in [3.63, 3.8) is 0 Å². The van der Waals surface area contributed by atoms with E-state index in [4.69, 9.17) is 11.6 Å². The highest BCUT2D eigenvalue weighted by Gasteiger charge is 2.44. The van der Waals surface area contributed by atoms with Crippen LogP contribution in [0.1, 0.15) is 25.3 Å². The number of halogens is 2. The van der Waals surface area contributed by atoms with Gasteiger partial charge < -0.3 is 0 Å². The summed E-state index contributed by atoms with van der Waals surface area (Å²) in [6.07, 6.45) is 1.44. The Balaban J connectivity index is 2.06. The molecule has 0 saturated carbocycles. The van der Waals surface area contributed by atoms with Crippen LogP contribution in [0.15, 0.2) is 18.2 Å². The van der Waals surface area contributed by atoms with Gasteiger partial charge in [-0.25, -0.2) is 14.1 Å². The normalized spacial score (nSPS) is 15.1. The first-order valence-corrected chi connectivity index (χ1v) is 8.03. The molecule has 0 unspecified atom stereocenters. The van der Waals surface area contributed by atoms with E-state index in [2.05, 4.69) is 0 Å². The standard InChI is InChI=1S/C16H19ClFN3O3/c1-3-4-8-20-14(22)15(23)21(16(20)24)10-19(2)9-11-12(17)6-5-7-13(11)18/h5-7H,3-4,8-10H2,1-2H3. The van der Waals surface area contributed by atoms with Crippen molar-refractivity contribution in [1.82, 2.24) is 14.7 Å². The summed E-state index contributed by atoms with van der Waals surface area (Å²) in [5.41, 5.74) is 0.273. The van der Waals surface area contributed by atoms with E-state index < -0.39 is 23.7 Å². The van der Waals surface area contributed by atoms with E-state index in [1.54, 1.807) is 18.0 Å². The van der Waals surface area contributed by atoms with E-state index in [1.165, 1.54) is 12.1 Å². The fourth-order valence-corrected chi connectivity index (χ4v) is 2.66. The Morgan fingerprint density at radius 2 is 1.83 bits per heavy atom. The summed E-state index contributed by atoms with van der Waals surface area (Å²) in [6.45, 7) is 2.14. The lowest BCUT2D eigenvalue weighted by molar-refractivity contribution is -0.143. The SMILES string of the molecule is CCCCN1C(=O)C(=O)N(CN(C)Cc2c(F)cccc2Cl)C1=O. The zero-order chi connectivity index (χ0) is 17.9. The lowest BCUT2D eigenvalue weighted by Crippen LogP contribution is -2.40. The first-order valence-electron chi connectivity index (χ1n) is 7.65. The van der Waals surface area contributed by atoms with Crippen molar-refractivity contribution in [3.8, 4) is 0 Å². The van der Waals surface area contributed by atoms with Crippen molar-refractivity contribution in [2.75, 3.05) is 20.3 Å². The third-order valence-electron chi connectivity index (χ3n) is 3.74. The number of carbonyl (C=O) groups is 3. The molecule has 0 aliphatic carbocycles. The first-order chi connectivity index (χ1) is 11.4. The molecule has 0 spiro atoms. The van der Waals surface area contributed by atoms with Crippen molar-refractivity contribution < 1.29 is 18.8 Å². The second-order valence-corrected chi connectivity index (χ2v) is 6.09. The Labute approximate surface area is 144 Å². The average molecular weight is 356 g/mol. The van der Waals surface area contributed by atoms with Crippen LogP contribution in [0, 0.1) is 5.82 Å². The van der Waals surface area contributed by atoms with E-state index in [-0.39, 0.29) is 30.3 Å². The quantitative estimate of drug-likeness (QED) is 0.557. The number of carbonyl (C=O) groups excluding carboxylic acids is 3. The number of amides is 4. The maximum atomic E-state index is 13.8. The molecule has 2 rings (SSSR count). The van der Waals surface area contributed by atoms with Gasteiger partial charge in [0.2, 0.25) is 0 Å². The highest BCUT2D eigenvalue weighted by Crippen LogP contribution is 2.21. The van der Waals surface area contributed by atoms with Gasteiger partial charge in [-0.1, -0.05) is 31.0 Å². The van der Waals surface area contributed by atoms with Gasteiger partial charge in [0.1, 0.15) is 5.82 Å². The molecule has 1 aliphatic heterocycles. The summed E-state index contributed by atoms with van der Waals surface area (Å²) < 4.78 is 13.8. The molecule has 130 valence electrons.